The third kappa shape index (κ3) is 4.80. The monoisotopic (exact) mass is 400 g/mol. The summed E-state index contributed by atoms with van der Waals surface area (Å²) in [5.41, 5.74) is 2.53. The molecule has 1 amide bonds. The number of carbonyl (C=O) groups excluding carboxylic acids is 2. The van der Waals surface area contributed by atoms with Gasteiger partial charge in [0.15, 0.2) is 5.69 Å². The first-order valence-corrected chi connectivity index (χ1v) is 9.34. The minimum absolute atomic E-state index is 0.0246. The van der Waals surface area contributed by atoms with E-state index < -0.39 is 11.9 Å². The highest BCUT2D eigenvalue weighted by Gasteiger charge is 2.19. The van der Waals surface area contributed by atoms with Gasteiger partial charge in [0.1, 0.15) is 11.6 Å². The van der Waals surface area contributed by atoms with Crippen molar-refractivity contribution in [3.05, 3.63) is 83.2 Å². The minimum Gasteiger partial charge on any atom is -0.461 e. The van der Waals surface area contributed by atoms with Crippen LogP contribution in [0, 0.1) is 18.3 Å². The molecule has 0 fully saturated rings. The van der Waals surface area contributed by atoms with Gasteiger partial charge >= 0.3 is 5.97 Å². The molecular formula is C23H20N4O3. The van der Waals surface area contributed by atoms with E-state index in [9.17, 15) is 14.9 Å². The molecule has 150 valence electrons. The van der Waals surface area contributed by atoms with Crippen LogP contribution < -0.4 is 5.32 Å². The fourth-order valence-corrected chi connectivity index (χ4v) is 2.70. The molecule has 1 N–H and O–H groups in total. The SMILES string of the molecule is CCOC(=O)c1nn(-c2ccccc2)cc1/C=C(/C#N)C(=O)Nc1ccc(C)cc1. The Kier molecular flexibility index (Phi) is 6.40. The van der Waals surface area contributed by atoms with Gasteiger partial charge in [-0.25, -0.2) is 9.48 Å². The molecule has 0 bridgehead atoms. The number of ether oxygens (including phenoxy) is 1. The number of para-hydroxylation sites is 1. The summed E-state index contributed by atoms with van der Waals surface area (Å²) in [7, 11) is 0. The molecule has 0 aliphatic heterocycles. The normalized spacial score (nSPS) is 10.9. The number of aryl methyl sites for hydroxylation is 1. The summed E-state index contributed by atoms with van der Waals surface area (Å²) in [5, 5.41) is 16.5. The van der Waals surface area contributed by atoms with E-state index in [0.717, 1.165) is 11.3 Å². The second-order valence-electron chi connectivity index (χ2n) is 6.42. The highest BCUT2D eigenvalue weighted by molar-refractivity contribution is 6.10. The van der Waals surface area contributed by atoms with Gasteiger partial charge in [0.2, 0.25) is 0 Å². The van der Waals surface area contributed by atoms with Gasteiger partial charge in [-0.05, 0) is 44.2 Å². The van der Waals surface area contributed by atoms with Crippen LogP contribution in [0.25, 0.3) is 11.8 Å². The van der Waals surface area contributed by atoms with Gasteiger partial charge in [0, 0.05) is 17.4 Å². The topological polar surface area (TPSA) is 97.0 Å². The van der Waals surface area contributed by atoms with E-state index in [1.807, 2.05) is 55.5 Å². The second-order valence-corrected chi connectivity index (χ2v) is 6.42. The highest BCUT2D eigenvalue weighted by Crippen LogP contribution is 2.18. The number of benzene rings is 2. The number of nitrogens with zero attached hydrogens (tertiary/aromatic N) is 3. The average molecular weight is 400 g/mol. The second kappa shape index (κ2) is 9.34. The first kappa shape index (κ1) is 20.6. The van der Waals surface area contributed by atoms with E-state index >= 15 is 0 Å². The van der Waals surface area contributed by atoms with Gasteiger partial charge in [-0.2, -0.15) is 10.4 Å². The largest absolute Gasteiger partial charge is 0.461 e. The lowest BCUT2D eigenvalue weighted by atomic mass is 10.1. The van der Waals surface area contributed by atoms with Gasteiger partial charge in [-0.15, -0.1) is 0 Å². The molecule has 30 heavy (non-hydrogen) atoms. The number of hydrogen-bond donors (Lipinski definition) is 1. The van der Waals surface area contributed by atoms with Gasteiger partial charge < -0.3 is 10.1 Å². The Balaban J connectivity index is 1.96. The van der Waals surface area contributed by atoms with Crippen molar-refractivity contribution >= 4 is 23.6 Å². The summed E-state index contributed by atoms with van der Waals surface area (Å²) in [6.45, 7) is 3.81. The maximum absolute atomic E-state index is 12.6. The zero-order chi connectivity index (χ0) is 21.5. The van der Waals surface area contributed by atoms with Gasteiger partial charge in [0.05, 0.1) is 12.3 Å². The number of rotatable bonds is 6. The number of hydrogen-bond acceptors (Lipinski definition) is 5. The highest BCUT2D eigenvalue weighted by atomic mass is 16.5. The van der Waals surface area contributed by atoms with Gasteiger partial charge in [0.25, 0.3) is 5.91 Å². The van der Waals surface area contributed by atoms with E-state index in [-0.39, 0.29) is 17.9 Å². The average Bonchev–Trinajstić information content (AvgIpc) is 3.18. The van der Waals surface area contributed by atoms with Crippen LogP contribution in [-0.4, -0.2) is 28.3 Å². The van der Waals surface area contributed by atoms with E-state index in [1.165, 1.54) is 10.8 Å². The maximum Gasteiger partial charge on any atom is 0.359 e. The molecule has 7 heteroatoms. The summed E-state index contributed by atoms with van der Waals surface area (Å²) in [6.07, 6.45) is 2.92. The standard InChI is InChI=1S/C23H20N4O3/c1-3-30-23(29)21-18(15-27(26-21)20-7-5-4-6-8-20)13-17(14-24)22(28)25-19-11-9-16(2)10-12-19/h4-13,15H,3H2,1-2H3,(H,25,28)/b17-13-. The quantitative estimate of drug-likeness (QED) is 0.384. The lowest BCUT2D eigenvalue weighted by Gasteiger charge is -2.04. The fourth-order valence-electron chi connectivity index (χ4n) is 2.70. The maximum atomic E-state index is 12.6. The van der Waals surface area contributed by atoms with Crippen LogP contribution in [-0.2, 0) is 9.53 Å². The third-order valence-corrected chi connectivity index (χ3v) is 4.21. The smallest absolute Gasteiger partial charge is 0.359 e. The number of aromatic nitrogens is 2. The summed E-state index contributed by atoms with van der Waals surface area (Å²) in [5.74, 6) is -1.21. The van der Waals surface area contributed by atoms with Crippen molar-refractivity contribution in [3.63, 3.8) is 0 Å². The Morgan fingerprint density at radius 1 is 1.17 bits per heavy atom. The molecule has 0 atom stereocenters. The van der Waals surface area contributed by atoms with Crippen molar-refractivity contribution in [1.82, 2.24) is 9.78 Å². The van der Waals surface area contributed by atoms with Gasteiger partial charge in [-0.1, -0.05) is 35.9 Å². The minimum atomic E-state index is -0.630. The van der Waals surface area contributed by atoms with Crippen LogP contribution in [0.2, 0.25) is 0 Å². The van der Waals surface area contributed by atoms with Crippen LogP contribution in [0.4, 0.5) is 5.69 Å². The summed E-state index contributed by atoms with van der Waals surface area (Å²) in [4.78, 5) is 24.9. The van der Waals surface area contributed by atoms with Crippen molar-refractivity contribution < 1.29 is 14.3 Å². The number of amides is 1. The number of carbonyl (C=O) groups is 2. The van der Waals surface area contributed by atoms with Gasteiger partial charge in [-0.3, -0.25) is 4.79 Å². The van der Waals surface area contributed by atoms with Crippen LogP contribution in [0.5, 0.6) is 0 Å². The predicted octanol–water partition coefficient (Wildman–Crippen LogP) is 3.90. The molecular weight excluding hydrogens is 380 g/mol. The Morgan fingerprint density at radius 3 is 2.50 bits per heavy atom. The lowest BCUT2D eigenvalue weighted by molar-refractivity contribution is -0.112. The number of nitriles is 1. The van der Waals surface area contributed by atoms with Crippen molar-refractivity contribution in [2.75, 3.05) is 11.9 Å². The van der Waals surface area contributed by atoms with Crippen molar-refractivity contribution in [1.29, 1.82) is 5.26 Å². The molecule has 0 unspecified atom stereocenters. The molecule has 0 aliphatic rings. The van der Waals surface area contributed by atoms with Crippen molar-refractivity contribution in [2.24, 2.45) is 0 Å². The van der Waals surface area contributed by atoms with Crippen molar-refractivity contribution in [3.8, 4) is 11.8 Å². The zero-order valence-electron chi connectivity index (χ0n) is 16.6. The summed E-state index contributed by atoms with van der Waals surface area (Å²) < 4.78 is 6.58. The molecule has 1 aromatic heterocycles. The molecule has 0 saturated carbocycles. The zero-order valence-corrected chi connectivity index (χ0v) is 16.6. The molecule has 2 aromatic carbocycles. The molecule has 3 rings (SSSR count). The molecule has 0 radical (unpaired) electrons. The Morgan fingerprint density at radius 2 is 1.87 bits per heavy atom. The molecule has 3 aromatic rings. The van der Waals surface area contributed by atoms with Crippen LogP contribution in [0.1, 0.15) is 28.5 Å². The summed E-state index contributed by atoms with van der Waals surface area (Å²) in [6, 6.07) is 18.3. The Bertz CT molecular complexity index is 1120. The number of nitrogens with one attached hydrogen (secondary N) is 1. The third-order valence-electron chi connectivity index (χ3n) is 4.21. The number of anilines is 1. The van der Waals surface area contributed by atoms with Crippen LogP contribution in [0.3, 0.4) is 0 Å². The van der Waals surface area contributed by atoms with Crippen molar-refractivity contribution in [2.45, 2.75) is 13.8 Å². The van der Waals surface area contributed by atoms with Crippen LogP contribution in [0.15, 0.2) is 66.4 Å². The van der Waals surface area contributed by atoms with E-state index in [4.69, 9.17) is 4.74 Å². The predicted molar refractivity (Wildman–Crippen MR) is 113 cm³/mol. The Labute approximate surface area is 174 Å². The molecule has 0 spiro atoms. The molecule has 1 heterocycles. The van der Waals surface area contributed by atoms with E-state index in [0.29, 0.717) is 11.3 Å². The van der Waals surface area contributed by atoms with E-state index in [2.05, 4.69) is 10.4 Å². The molecule has 0 saturated heterocycles. The molecule has 7 nitrogen and oxygen atoms in total. The molecule has 0 aliphatic carbocycles. The summed E-state index contributed by atoms with van der Waals surface area (Å²) >= 11 is 0. The lowest BCUT2D eigenvalue weighted by Crippen LogP contribution is -2.13. The van der Waals surface area contributed by atoms with Crippen LogP contribution >= 0.6 is 0 Å². The first-order chi connectivity index (χ1) is 14.5. The first-order valence-electron chi connectivity index (χ1n) is 9.34. The Hall–Kier alpha value is -4.18. The fraction of sp³-hybridized carbons (Fsp3) is 0.130. The number of esters is 1. The van der Waals surface area contributed by atoms with E-state index in [1.54, 1.807) is 25.3 Å².